The van der Waals surface area contributed by atoms with Crippen LogP contribution in [-0.2, 0) is 14.6 Å². The number of ether oxygens (including phenoxy) is 1. The molecule has 6 nitrogen and oxygen atoms in total. The number of rotatable bonds is 5. The van der Waals surface area contributed by atoms with Crippen LogP contribution < -0.4 is 5.32 Å². The van der Waals surface area contributed by atoms with E-state index < -0.39 is 15.9 Å². The number of unbranched alkanes of at least 4 members (excludes halogenated alkanes) is 1. The average Bonchev–Trinajstić information content (AvgIpc) is 2.53. The number of hydrogen-bond donors (Lipinski definition) is 2. The minimum Gasteiger partial charge on any atom is -0.450 e. The molecule has 0 aromatic rings. The van der Waals surface area contributed by atoms with Crippen molar-refractivity contribution in [2.45, 2.75) is 25.3 Å². The Kier molecular flexibility index (Phi) is 5.01. The first-order chi connectivity index (χ1) is 7.53. The van der Waals surface area contributed by atoms with Gasteiger partial charge in [0.05, 0.1) is 18.1 Å². The summed E-state index contributed by atoms with van der Waals surface area (Å²) in [6, 6.07) is -0.324. The number of nitrogens with one attached hydrogen (secondary N) is 1. The highest BCUT2D eigenvalue weighted by Gasteiger charge is 2.29. The number of sulfone groups is 1. The molecular formula is C9H17NO5S. The zero-order valence-corrected chi connectivity index (χ0v) is 9.83. The quantitative estimate of drug-likeness (QED) is 0.653. The SMILES string of the molecule is O=C(N[C@H]1CCS(=O)(=O)C1)OCCCCO. The molecule has 0 aliphatic carbocycles. The number of amides is 1. The van der Waals surface area contributed by atoms with Crippen molar-refractivity contribution < 1.29 is 23.1 Å². The molecule has 1 saturated heterocycles. The van der Waals surface area contributed by atoms with Crippen molar-refractivity contribution in [3.8, 4) is 0 Å². The second-order valence-corrected chi connectivity index (χ2v) is 6.04. The molecular weight excluding hydrogens is 234 g/mol. The number of hydrogen-bond acceptors (Lipinski definition) is 5. The minimum atomic E-state index is -2.97. The van der Waals surface area contributed by atoms with Crippen LogP contribution in [0.15, 0.2) is 0 Å². The van der Waals surface area contributed by atoms with Crippen LogP contribution in [0.1, 0.15) is 19.3 Å². The Morgan fingerprint density at radius 2 is 2.19 bits per heavy atom. The van der Waals surface area contributed by atoms with Crippen LogP contribution in [0, 0.1) is 0 Å². The van der Waals surface area contributed by atoms with E-state index in [1.54, 1.807) is 0 Å². The van der Waals surface area contributed by atoms with Gasteiger partial charge >= 0.3 is 6.09 Å². The Labute approximate surface area is 94.9 Å². The highest BCUT2D eigenvalue weighted by molar-refractivity contribution is 7.91. The Hall–Kier alpha value is -0.820. The third-order valence-electron chi connectivity index (χ3n) is 2.34. The molecule has 0 aromatic heterocycles. The van der Waals surface area contributed by atoms with Gasteiger partial charge in [0.2, 0.25) is 0 Å². The molecule has 1 aliphatic heterocycles. The molecule has 1 amide bonds. The Morgan fingerprint density at radius 3 is 2.75 bits per heavy atom. The van der Waals surface area contributed by atoms with E-state index in [-0.39, 0.29) is 30.8 Å². The Bertz CT molecular complexity index is 327. The summed E-state index contributed by atoms with van der Waals surface area (Å²) in [4.78, 5) is 11.2. The normalized spacial score (nSPS) is 22.9. The van der Waals surface area contributed by atoms with Crippen LogP contribution in [0.25, 0.3) is 0 Å². The van der Waals surface area contributed by atoms with Crippen LogP contribution in [-0.4, -0.2) is 50.4 Å². The first-order valence-corrected chi connectivity index (χ1v) is 7.10. The maximum absolute atomic E-state index is 11.2. The molecule has 1 fully saturated rings. The molecule has 1 aliphatic rings. The summed E-state index contributed by atoms with van der Waals surface area (Å²) in [6.07, 6.45) is 1.06. The van der Waals surface area contributed by atoms with Crippen molar-refractivity contribution in [3.63, 3.8) is 0 Å². The first-order valence-electron chi connectivity index (χ1n) is 5.28. The summed E-state index contributed by atoms with van der Waals surface area (Å²) in [5, 5.41) is 11.0. The second kappa shape index (κ2) is 6.05. The van der Waals surface area contributed by atoms with Crippen molar-refractivity contribution in [1.29, 1.82) is 0 Å². The van der Waals surface area contributed by atoms with Gasteiger partial charge in [-0.3, -0.25) is 0 Å². The molecule has 0 spiro atoms. The predicted octanol–water partition coefficient (Wildman–Crippen LogP) is -0.328. The number of aliphatic hydroxyl groups excluding tert-OH is 1. The predicted molar refractivity (Wildman–Crippen MR) is 57.9 cm³/mol. The molecule has 1 heterocycles. The van der Waals surface area contributed by atoms with E-state index in [4.69, 9.17) is 9.84 Å². The van der Waals surface area contributed by atoms with E-state index >= 15 is 0 Å². The molecule has 94 valence electrons. The summed E-state index contributed by atoms with van der Waals surface area (Å²) in [7, 11) is -2.97. The van der Waals surface area contributed by atoms with Gasteiger partial charge in [-0.15, -0.1) is 0 Å². The Morgan fingerprint density at radius 1 is 1.44 bits per heavy atom. The van der Waals surface area contributed by atoms with E-state index in [9.17, 15) is 13.2 Å². The monoisotopic (exact) mass is 251 g/mol. The smallest absolute Gasteiger partial charge is 0.407 e. The molecule has 1 rings (SSSR count). The van der Waals surface area contributed by atoms with Crippen molar-refractivity contribution in [3.05, 3.63) is 0 Å². The van der Waals surface area contributed by atoms with Crippen molar-refractivity contribution in [2.75, 3.05) is 24.7 Å². The van der Waals surface area contributed by atoms with Crippen LogP contribution in [0.5, 0.6) is 0 Å². The fourth-order valence-corrected chi connectivity index (χ4v) is 3.17. The molecule has 0 radical (unpaired) electrons. The number of carbonyl (C=O) groups excluding carboxylic acids is 1. The molecule has 0 unspecified atom stereocenters. The summed E-state index contributed by atoms with van der Waals surface area (Å²) in [6.45, 7) is 0.317. The standard InChI is InChI=1S/C9H17NO5S/c11-4-1-2-5-15-9(12)10-8-3-6-16(13,14)7-8/h8,11H,1-7H2,(H,10,12)/t8-/m0/s1. The number of alkyl carbamates (subject to hydrolysis) is 1. The lowest BCUT2D eigenvalue weighted by Gasteiger charge is -2.10. The zero-order valence-electron chi connectivity index (χ0n) is 9.02. The van der Waals surface area contributed by atoms with E-state index in [0.717, 1.165) is 0 Å². The van der Waals surface area contributed by atoms with Gasteiger partial charge in [0.15, 0.2) is 9.84 Å². The minimum absolute atomic E-state index is 0.00125. The fraction of sp³-hybridized carbons (Fsp3) is 0.889. The molecule has 2 N–H and O–H groups in total. The fourth-order valence-electron chi connectivity index (χ4n) is 1.50. The average molecular weight is 251 g/mol. The number of aliphatic hydroxyl groups is 1. The lowest BCUT2D eigenvalue weighted by Crippen LogP contribution is -2.36. The van der Waals surface area contributed by atoms with Gasteiger partial charge in [0.1, 0.15) is 0 Å². The van der Waals surface area contributed by atoms with E-state index in [1.807, 2.05) is 0 Å². The molecule has 7 heteroatoms. The molecule has 16 heavy (non-hydrogen) atoms. The van der Waals surface area contributed by atoms with E-state index in [2.05, 4.69) is 5.32 Å². The highest BCUT2D eigenvalue weighted by atomic mass is 32.2. The maximum atomic E-state index is 11.2. The van der Waals surface area contributed by atoms with Gasteiger partial charge in [-0.05, 0) is 19.3 Å². The van der Waals surface area contributed by atoms with Crippen LogP contribution in [0.3, 0.4) is 0 Å². The second-order valence-electron chi connectivity index (χ2n) is 3.81. The summed E-state index contributed by atoms with van der Waals surface area (Å²) >= 11 is 0. The first kappa shape index (κ1) is 13.2. The lowest BCUT2D eigenvalue weighted by atomic mass is 10.3. The summed E-state index contributed by atoms with van der Waals surface area (Å²) < 4.78 is 27.0. The van der Waals surface area contributed by atoms with Crippen LogP contribution in [0.2, 0.25) is 0 Å². The van der Waals surface area contributed by atoms with Crippen molar-refractivity contribution in [2.24, 2.45) is 0 Å². The molecule has 0 saturated carbocycles. The third-order valence-corrected chi connectivity index (χ3v) is 4.11. The van der Waals surface area contributed by atoms with E-state index in [0.29, 0.717) is 19.3 Å². The third kappa shape index (κ3) is 4.80. The van der Waals surface area contributed by atoms with Gasteiger partial charge in [-0.1, -0.05) is 0 Å². The van der Waals surface area contributed by atoms with Crippen molar-refractivity contribution >= 4 is 15.9 Å². The Balaban J connectivity index is 2.15. The molecule has 0 bridgehead atoms. The van der Waals surface area contributed by atoms with E-state index in [1.165, 1.54) is 0 Å². The number of carbonyl (C=O) groups is 1. The largest absolute Gasteiger partial charge is 0.450 e. The summed E-state index contributed by atoms with van der Waals surface area (Å²) in [5.41, 5.74) is 0. The topological polar surface area (TPSA) is 92.7 Å². The summed E-state index contributed by atoms with van der Waals surface area (Å²) in [5.74, 6) is 0.126. The lowest BCUT2D eigenvalue weighted by molar-refractivity contribution is 0.138. The van der Waals surface area contributed by atoms with Gasteiger partial charge in [-0.25, -0.2) is 13.2 Å². The van der Waals surface area contributed by atoms with Gasteiger partial charge < -0.3 is 15.2 Å². The van der Waals surface area contributed by atoms with Gasteiger partial charge in [-0.2, -0.15) is 0 Å². The highest BCUT2D eigenvalue weighted by Crippen LogP contribution is 2.11. The molecule has 1 atom stereocenters. The molecule has 0 aromatic carbocycles. The van der Waals surface area contributed by atoms with Crippen molar-refractivity contribution in [1.82, 2.24) is 5.32 Å². The van der Waals surface area contributed by atoms with Gasteiger partial charge in [0, 0.05) is 12.6 Å². The zero-order chi connectivity index (χ0) is 12.0. The van der Waals surface area contributed by atoms with Crippen LogP contribution >= 0.6 is 0 Å². The van der Waals surface area contributed by atoms with Gasteiger partial charge in [0.25, 0.3) is 0 Å². The maximum Gasteiger partial charge on any atom is 0.407 e. The van der Waals surface area contributed by atoms with Crippen LogP contribution in [0.4, 0.5) is 4.79 Å².